The fourth-order valence-corrected chi connectivity index (χ4v) is 1.34. The molecule has 0 unspecified atom stereocenters. The van der Waals surface area contributed by atoms with Crippen molar-refractivity contribution in [1.82, 2.24) is 9.97 Å². The number of aliphatic hydroxyl groups excluding tert-OH is 1. The largest absolute Gasteiger partial charge is 0.397 e. The van der Waals surface area contributed by atoms with Crippen LogP contribution in [0.25, 0.3) is 0 Å². The summed E-state index contributed by atoms with van der Waals surface area (Å²) in [5.41, 5.74) is 11.3. The minimum Gasteiger partial charge on any atom is -0.397 e. The van der Waals surface area contributed by atoms with Crippen molar-refractivity contribution in [2.75, 3.05) is 12.5 Å². The Morgan fingerprint density at radius 1 is 0.727 bits per heavy atom. The van der Waals surface area contributed by atoms with Crippen LogP contribution < -0.4 is 11.5 Å². The molecule has 0 saturated carbocycles. The van der Waals surface area contributed by atoms with Crippen molar-refractivity contribution in [3.05, 3.63) is 47.8 Å². The van der Waals surface area contributed by atoms with Gasteiger partial charge in [0.1, 0.15) is 0 Å². The first-order valence-corrected chi connectivity index (χ1v) is 18.0. The molecule has 2 rings (SSSR count). The quantitative estimate of drug-likeness (QED) is 0.0911. The van der Waals surface area contributed by atoms with Crippen molar-refractivity contribution >= 4 is 78.9 Å². The van der Waals surface area contributed by atoms with Crippen molar-refractivity contribution in [2.24, 2.45) is 21.5 Å². The highest BCUT2D eigenvalue weighted by Gasteiger charge is 1.90. The van der Waals surface area contributed by atoms with Gasteiger partial charge in [0.2, 0.25) is 9.23 Å². The topological polar surface area (TPSA) is 188 Å². The van der Waals surface area contributed by atoms with Gasteiger partial charge >= 0.3 is 0 Å². The number of aromatic nitrogens is 2. The number of halogens is 3. The van der Waals surface area contributed by atoms with Crippen LogP contribution in [0.2, 0.25) is 0 Å². The fourth-order valence-electron chi connectivity index (χ4n) is 1.34. The number of nitrogens with one attached hydrogen (secondary N) is 2. The Balaban J connectivity index is -0.0000000491. The van der Waals surface area contributed by atoms with Gasteiger partial charge in [0, 0.05) is 46.3 Å². The van der Waals surface area contributed by atoms with Gasteiger partial charge < -0.3 is 27.4 Å². The zero-order valence-electron chi connectivity index (χ0n) is 29.5. The van der Waals surface area contributed by atoms with Gasteiger partial charge in [-0.15, -0.1) is 11.6 Å². The molecular formula is C30H63Cl3N8O2S. The van der Waals surface area contributed by atoms with Crippen molar-refractivity contribution < 1.29 is 9.32 Å². The van der Waals surface area contributed by atoms with E-state index in [9.17, 15) is 0 Å². The van der Waals surface area contributed by atoms with Gasteiger partial charge in [0.25, 0.3) is 0 Å². The Kier molecular flexibility index (Phi) is 114. The molecule has 0 aliphatic rings. The minimum absolute atomic E-state index is 0.250. The molecule has 0 atom stereocenters. The molecule has 44 heavy (non-hydrogen) atoms. The van der Waals surface area contributed by atoms with E-state index in [1.165, 1.54) is 12.7 Å². The Labute approximate surface area is 286 Å². The number of aliphatic hydroxyl groups is 1. The van der Waals surface area contributed by atoms with Crippen molar-refractivity contribution in [3.8, 4) is 0 Å². The van der Waals surface area contributed by atoms with E-state index in [1.54, 1.807) is 43.3 Å². The summed E-state index contributed by atoms with van der Waals surface area (Å²) in [6.07, 6.45) is 4.68. The first-order chi connectivity index (χ1) is 21.3. The van der Waals surface area contributed by atoms with Crippen LogP contribution in [-0.4, -0.2) is 56.9 Å². The van der Waals surface area contributed by atoms with Gasteiger partial charge in [-0.2, -0.15) is 0 Å². The highest BCUT2D eigenvalue weighted by atomic mass is 36.0. The molecule has 262 valence electrons. The molecule has 0 radical (unpaired) electrons. The summed E-state index contributed by atoms with van der Waals surface area (Å²) in [6.45, 7) is 27.8. The Bertz CT molecular complexity index is 769. The fraction of sp³-hybridized carbons (Fsp3) is 0.533. The summed E-state index contributed by atoms with van der Waals surface area (Å²) < 4.78 is 9.09. The average Bonchev–Trinajstić information content (AvgIpc) is 3.08. The molecule has 2 aromatic rings. The molecule has 0 saturated heterocycles. The SMILES string of the molecule is CC.CC.CC.CC.CC.CC.CCCl.CCO.N=Cc1cccc(N=CN)n1.N=Cc1cccc(N=CN)n1.O=S(Cl)Cl. The lowest BCUT2D eigenvalue weighted by Crippen LogP contribution is -1.89. The summed E-state index contributed by atoms with van der Waals surface area (Å²) in [7, 11) is 7.36. The van der Waals surface area contributed by atoms with Crippen LogP contribution in [0.15, 0.2) is 46.4 Å². The van der Waals surface area contributed by atoms with E-state index >= 15 is 0 Å². The van der Waals surface area contributed by atoms with Crippen molar-refractivity contribution in [1.29, 1.82) is 10.8 Å². The second-order valence-electron chi connectivity index (χ2n) is 4.45. The predicted molar refractivity (Wildman–Crippen MR) is 206 cm³/mol. The second-order valence-corrected chi connectivity index (χ2v) is 7.51. The molecule has 10 nitrogen and oxygen atoms in total. The lowest BCUT2D eigenvalue weighted by atomic mass is 10.4. The number of hydrogen-bond donors (Lipinski definition) is 5. The van der Waals surface area contributed by atoms with Crippen LogP contribution in [0.4, 0.5) is 11.6 Å². The van der Waals surface area contributed by atoms with Gasteiger partial charge in [-0.1, -0.05) is 102 Å². The standard InChI is InChI=1S/2C7H8N4.C2H5Cl.C2H6O.6C2H6.Cl2OS/c2*8-4-6-2-1-3-7(11-6)10-5-9;2*1-2-3;6*1-2;1-4(2)3/h2*1-5,8H,(H2,9,10,11);2H2,1H3;3H,2H2,1H3;6*1-2H3;. The van der Waals surface area contributed by atoms with Crippen LogP contribution in [0.1, 0.15) is 108 Å². The van der Waals surface area contributed by atoms with Gasteiger partial charge in [0.05, 0.1) is 24.1 Å². The van der Waals surface area contributed by atoms with E-state index in [0.717, 1.165) is 18.3 Å². The summed E-state index contributed by atoms with van der Waals surface area (Å²) in [5.74, 6) is 1.77. The number of nitrogens with zero attached hydrogens (tertiary/aromatic N) is 4. The van der Waals surface area contributed by atoms with E-state index in [0.29, 0.717) is 23.0 Å². The van der Waals surface area contributed by atoms with Crippen LogP contribution in [0.5, 0.6) is 0 Å². The molecule has 2 heterocycles. The zero-order chi connectivity index (χ0) is 37.2. The molecule has 0 aliphatic carbocycles. The van der Waals surface area contributed by atoms with Crippen LogP contribution >= 0.6 is 33.0 Å². The first kappa shape index (κ1) is 64.5. The normalized spacial score (nSPS) is 7.52. The van der Waals surface area contributed by atoms with E-state index in [2.05, 4.69) is 41.3 Å². The van der Waals surface area contributed by atoms with Crippen molar-refractivity contribution in [3.63, 3.8) is 0 Å². The van der Waals surface area contributed by atoms with Gasteiger partial charge in [-0.05, 0) is 31.2 Å². The Hall–Kier alpha value is -2.44. The molecule has 2 aromatic heterocycles. The molecular weight excluding hydrogens is 643 g/mol. The van der Waals surface area contributed by atoms with Crippen molar-refractivity contribution in [2.45, 2.75) is 96.9 Å². The maximum absolute atomic E-state index is 9.09. The molecule has 0 aliphatic heterocycles. The maximum atomic E-state index is 9.09. The average molecular weight is 706 g/mol. The monoisotopic (exact) mass is 704 g/mol. The summed E-state index contributed by atoms with van der Waals surface area (Å²) >= 11 is 5.00. The Morgan fingerprint density at radius 2 is 0.932 bits per heavy atom. The number of hydrogen-bond acceptors (Lipinski definition) is 8. The van der Waals surface area contributed by atoms with Gasteiger partial charge in [-0.3, -0.25) is 0 Å². The molecule has 0 spiro atoms. The molecule has 0 aromatic carbocycles. The maximum Gasteiger partial charge on any atom is 0.211 e. The van der Waals surface area contributed by atoms with Gasteiger partial charge in [0.15, 0.2) is 11.6 Å². The smallest absolute Gasteiger partial charge is 0.211 e. The third kappa shape index (κ3) is 77.4. The second kappa shape index (κ2) is 77.8. The highest BCUT2D eigenvalue weighted by Crippen LogP contribution is 2.06. The number of rotatable bonds is 4. The first-order valence-electron chi connectivity index (χ1n) is 14.6. The third-order valence-corrected chi connectivity index (χ3v) is 2.22. The number of pyridine rings is 2. The third-order valence-electron chi connectivity index (χ3n) is 2.22. The summed E-state index contributed by atoms with van der Waals surface area (Å²) in [4.78, 5) is 15.4. The number of aliphatic imine (C=N–C) groups is 2. The Morgan fingerprint density at radius 3 is 1.09 bits per heavy atom. The summed E-state index contributed by atoms with van der Waals surface area (Å²) in [6, 6.07) is 10.4. The minimum atomic E-state index is -1.67. The zero-order valence-corrected chi connectivity index (χ0v) is 32.6. The lowest BCUT2D eigenvalue weighted by Gasteiger charge is -1.92. The van der Waals surface area contributed by atoms with E-state index in [4.69, 9.17) is 43.2 Å². The van der Waals surface area contributed by atoms with E-state index < -0.39 is 9.23 Å². The molecule has 0 amide bonds. The van der Waals surface area contributed by atoms with Crippen LogP contribution in [-0.2, 0) is 9.23 Å². The van der Waals surface area contributed by atoms with E-state index in [1.807, 2.05) is 90.0 Å². The number of alkyl halides is 1. The van der Waals surface area contributed by atoms with Gasteiger partial charge in [-0.25, -0.2) is 24.2 Å². The highest BCUT2D eigenvalue weighted by molar-refractivity contribution is 8.26. The molecule has 0 fully saturated rings. The van der Waals surface area contributed by atoms with E-state index in [-0.39, 0.29) is 6.61 Å². The summed E-state index contributed by atoms with van der Waals surface area (Å²) in [5, 5.41) is 21.4. The number of nitrogens with two attached hydrogens (primary N) is 2. The van der Waals surface area contributed by atoms with Crippen LogP contribution in [0, 0.1) is 10.8 Å². The molecule has 7 N–H and O–H groups in total. The molecule has 14 heteroatoms. The predicted octanol–water partition coefficient (Wildman–Crippen LogP) is 9.84. The molecule has 0 bridgehead atoms. The van der Waals surface area contributed by atoms with Crippen LogP contribution in [0.3, 0.4) is 0 Å². The lowest BCUT2D eigenvalue weighted by molar-refractivity contribution is 0.318.